The second kappa shape index (κ2) is 3.75. The monoisotopic (exact) mass is 190 g/mol. The van der Waals surface area contributed by atoms with Gasteiger partial charge in [-0.2, -0.15) is 0 Å². The molecular weight excluding hydrogens is 176 g/mol. The number of H-pyrrole nitrogens is 1. The molecule has 0 aliphatic carbocycles. The van der Waals surface area contributed by atoms with Crippen molar-refractivity contribution in [3.8, 4) is 0 Å². The van der Waals surface area contributed by atoms with Crippen molar-refractivity contribution in [2.45, 2.75) is 19.8 Å². The minimum atomic E-state index is 0.698. The van der Waals surface area contributed by atoms with E-state index in [2.05, 4.69) is 21.9 Å². The first-order chi connectivity index (χ1) is 6.81. The molecular formula is C10H14N4. The lowest BCUT2D eigenvalue weighted by atomic mass is 10.3. The Labute approximate surface area is 82.6 Å². The van der Waals surface area contributed by atoms with Gasteiger partial charge >= 0.3 is 0 Å². The van der Waals surface area contributed by atoms with Crippen molar-refractivity contribution in [1.82, 2.24) is 15.0 Å². The summed E-state index contributed by atoms with van der Waals surface area (Å²) in [5.41, 5.74) is 8.47. The van der Waals surface area contributed by atoms with Crippen LogP contribution in [-0.2, 0) is 6.42 Å². The highest BCUT2D eigenvalue weighted by Crippen LogP contribution is 2.13. The molecule has 0 spiro atoms. The maximum atomic E-state index is 5.44. The summed E-state index contributed by atoms with van der Waals surface area (Å²) in [6.45, 7) is 2.75. The molecule has 0 fully saturated rings. The van der Waals surface area contributed by atoms with Gasteiger partial charge in [-0.1, -0.05) is 0 Å². The van der Waals surface area contributed by atoms with Gasteiger partial charge < -0.3 is 10.7 Å². The number of aryl methyl sites for hydroxylation is 2. The van der Waals surface area contributed by atoms with E-state index in [1.54, 1.807) is 6.20 Å². The predicted octanol–water partition coefficient (Wildman–Crippen LogP) is 1.16. The predicted molar refractivity (Wildman–Crippen MR) is 56.0 cm³/mol. The van der Waals surface area contributed by atoms with Crippen LogP contribution in [0, 0.1) is 6.92 Å². The number of nitrogens with one attached hydrogen (secondary N) is 1. The molecule has 74 valence electrons. The summed E-state index contributed by atoms with van der Waals surface area (Å²) in [5, 5.41) is 0. The Balaban J connectivity index is 2.36. The third kappa shape index (κ3) is 1.61. The number of pyridine rings is 1. The third-order valence-electron chi connectivity index (χ3n) is 2.27. The summed E-state index contributed by atoms with van der Waals surface area (Å²) in [6.07, 6.45) is 3.64. The van der Waals surface area contributed by atoms with Crippen molar-refractivity contribution in [3.63, 3.8) is 0 Å². The van der Waals surface area contributed by atoms with Crippen molar-refractivity contribution in [2.24, 2.45) is 5.73 Å². The van der Waals surface area contributed by atoms with Gasteiger partial charge in [0.1, 0.15) is 5.82 Å². The summed E-state index contributed by atoms with van der Waals surface area (Å²) >= 11 is 0. The molecule has 3 N–H and O–H groups in total. The van der Waals surface area contributed by atoms with E-state index in [-0.39, 0.29) is 0 Å². The Morgan fingerprint density at radius 2 is 2.36 bits per heavy atom. The third-order valence-corrected chi connectivity index (χ3v) is 2.27. The van der Waals surface area contributed by atoms with Crippen molar-refractivity contribution < 1.29 is 0 Å². The SMILES string of the molecule is Cc1ccnc2nc(CCCN)[nH]c12. The fourth-order valence-electron chi connectivity index (χ4n) is 1.47. The van der Waals surface area contributed by atoms with Crippen LogP contribution in [-0.4, -0.2) is 21.5 Å². The lowest BCUT2D eigenvalue weighted by Gasteiger charge is -1.92. The smallest absolute Gasteiger partial charge is 0.177 e. The molecule has 2 heterocycles. The molecule has 2 rings (SSSR count). The fraction of sp³-hybridized carbons (Fsp3) is 0.400. The molecule has 0 radical (unpaired) electrons. The first kappa shape index (κ1) is 9.15. The highest BCUT2D eigenvalue weighted by molar-refractivity contribution is 5.74. The number of hydrogen-bond donors (Lipinski definition) is 2. The quantitative estimate of drug-likeness (QED) is 0.763. The molecule has 0 saturated carbocycles. The van der Waals surface area contributed by atoms with E-state index in [9.17, 15) is 0 Å². The van der Waals surface area contributed by atoms with Gasteiger partial charge in [-0.25, -0.2) is 9.97 Å². The maximum Gasteiger partial charge on any atom is 0.177 e. The average molecular weight is 190 g/mol. The van der Waals surface area contributed by atoms with Gasteiger partial charge in [0.2, 0.25) is 0 Å². The van der Waals surface area contributed by atoms with Crippen LogP contribution in [0.25, 0.3) is 11.2 Å². The van der Waals surface area contributed by atoms with Gasteiger partial charge in [-0.15, -0.1) is 0 Å². The largest absolute Gasteiger partial charge is 0.340 e. The second-order valence-corrected chi connectivity index (χ2v) is 3.40. The van der Waals surface area contributed by atoms with Crippen LogP contribution in [0.3, 0.4) is 0 Å². The molecule has 2 aromatic rings. The Kier molecular flexibility index (Phi) is 2.45. The lowest BCUT2D eigenvalue weighted by molar-refractivity contribution is 0.796. The van der Waals surface area contributed by atoms with E-state index in [4.69, 9.17) is 5.73 Å². The molecule has 0 unspecified atom stereocenters. The van der Waals surface area contributed by atoms with E-state index in [0.717, 1.165) is 29.8 Å². The number of aromatic amines is 1. The molecule has 2 aromatic heterocycles. The Morgan fingerprint density at radius 1 is 1.50 bits per heavy atom. The Hall–Kier alpha value is -1.42. The van der Waals surface area contributed by atoms with E-state index < -0.39 is 0 Å². The first-order valence-electron chi connectivity index (χ1n) is 4.81. The normalized spacial score (nSPS) is 11.0. The average Bonchev–Trinajstić information content (AvgIpc) is 2.59. The van der Waals surface area contributed by atoms with Crippen molar-refractivity contribution in [2.75, 3.05) is 6.54 Å². The lowest BCUT2D eigenvalue weighted by Crippen LogP contribution is -2.01. The van der Waals surface area contributed by atoms with Gasteiger partial charge in [0.05, 0.1) is 5.52 Å². The molecule has 0 bridgehead atoms. The van der Waals surface area contributed by atoms with Crippen LogP contribution < -0.4 is 5.73 Å². The van der Waals surface area contributed by atoms with E-state index in [1.807, 2.05) is 6.07 Å². The summed E-state index contributed by atoms with van der Waals surface area (Å²) in [7, 11) is 0. The van der Waals surface area contributed by atoms with Gasteiger partial charge in [0.15, 0.2) is 5.65 Å². The fourth-order valence-corrected chi connectivity index (χ4v) is 1.47. The second-order valence-electron chi connectivity index (χ2n) is 3.40. The van der Waals surface area contributed by atoms with E-state index in [1.165, 1.54) is 5.56 Å². The minimum absolute atomic E-state index is 0.698. The topological polar surface area (TPSA) is 67.6 Å². The van der Waals surface area contributed by atoms with Crippen LogP contribution in [0.1, 0.15) is 17.8 Å². The zero-order valence-electron chi connectivity index (χ0n) is 8.25. The van der Waals surface area contributed by atoms with E-state index in [0.29, 0.717) is 6.54 Å². The molecule has 14 heavy (non-hydrogen) atoms. The van der Waals surface area contributed by atoms with Gasteiger partial charge in [-0.05, 0) is 31.5 Å². The van der Waals surface area contributed by atoms with Crippen molar-refractivity contribution >= 4 is 11.2 Å². The molecule has 4 heteroatoms. The number of rotatable bonds is 3. The summed E-state index contributed by atoms with van der Waals surface area (Å²) in [5.74, 6) is 0.979. The van der Waals surface area contributed by atoms with Gasteiger partial charge in [0, 0.05) is 12.6 Å². The number of imidazole rings is 1. The Bertz CT molecular complexity index is 433. The van der Waals surface area contributed by atoms with E-state index >= 15 is 0 Å². The van der Waals surface area contributed by atoms with Crippen molar-refractivity contribution in [3.05, 3.63) is 23.7 Å². The highest BCUT2D eigenvalue weighted by atomic mass is 15.0. The number of nitrogens with two attached hydrogens (primary N) is 1. The van der Waals surface area contributed by atoms with Crippen LogP contribution in [0.4, 0.5) is 0 Å². The molecule has 4 nitrogen and oxygen atoms in total. The molecule has 0 aromatic carbocycles. The summed E-state index contributed by atoms with van der Waals surface area (Å²) < 4.78 is 0. The molecule has 0 aliphatic heterocycles. The molecule has 0 saturated heterocycles. The zero-order chi connectivity index (χ0) is 9.97. The zero-order valence-corrected chi connectivity index (χ0v) is 8.25. The first-order valence-corrected chi connectivity index (χ1v) is 4.81. The maximum absolute atomic E-state index is 5.44. The Morgan fingerprint density at radius 3 is 3.07 bits per heavy atom. The summed E-state index contributed by atoms with van der Waals surface area (Å²) in [4.78, 5) is 11.9. The van der Waals surface area contributed by atoms with Gasteiger partial charge in [-0.3, -0.25) is 0 Å². The van der Waals surface area contributed by atoms with Crippen LogP contribution in [0.15, 0.2) is 12.3 Å². The highest BCUT2D eigenvalue weighted by Gasteiger charge is 2.04. The van der Waals surface area contributed by atoms with Crippen LogP contribution in [0.2, 0.25) is 0 Å². The van der Waals surface area contributed by atoms with Gasteiger partial charge in [0.25, 0.3) is 0 Å². The van der Waals surface area contributed by atoms with Crippen molar-refractivity contribution in [1.29, 1.82) is 0 Å². The number of nitrogens with zero attached hydrogens (tertiary/aromatic N) is 2. The molecule has 0 aliphatic rings. The van der Waals surface area contributed by atoms with Crippen LogP contribution >= 0.6 is 0 Å². The number of fused-ring (bicyclic) bond motifs is 1. The van der Waals surface area contributed by atoms with Crippen LogP contribution in [0.5, 0.6) is 0 Å². The molecule has 0 amide bonds. The summed E-state index contributed by atoms with van der Waals surface area (Å²) in [6, 6.07) is 1.98. The number of hydrogen-bond acceptors (Lipinski definition) is 3. The number of aromatic nitrogens is 3. The standard InChI is InChI=1S/C10H14N4/c1-7-4-6-12-10-9(7)13-8(14-10)3-2-5-11/h4,6H,2-3,5,11H2,1H3,(H,12,13,14). The minimum Gasteiger partial charge on any atom is -0.340 e. The molecule has 0 atom stereocenters.